The molecular weight excluding hydrogens is 1550 g/mol. The summed E-state index contributed by atoms with van der Waals surface area (Å²) in [5.74, 6) is 0. The first-order valence-corrected chi connectivity index (χ1v) is 42.5. The van der Waals surface area contributed by atoms with E-state index in [0.29, 0.717) is 0 Å². The van der Waals surface area contributed by atoms with Gasteiger partial charge in [0.05, 0.1) is 38.6 Å². The predicted molar refractivity (Wildman–Crippen MR) is 522 cm³/mol. The van der Waals surface area contributed by atoms with Crippen molar-refractivity contribution in [3.05, 3.63) is 451 Å². The van der Waals surface area contributed by atoms with Crippen LogP contribution in [0.3, 0.4) is 0 Å². The van der Waals surface area contributed by atoms with Gasteiger partial charge in [0.15, 0.2) is 0 Å². The average Bonchev–Trinajstić information content (AvgIpc) is 1.56. The van der Waals surface area contributed by atoms with Crippen molar-refractivity contribution >= 4 is 137 Å². The van der Waals surface area contributed by atoms with Crippen molar-refractivity contribution in [1.29, 1.82) is 0 Å². The maximum Gasteiger partial charge on any atom is 0.0621 e. The highest BCUT2D eigenvalue weighted by molar-refractivity contribution is 9.10. The maximum absolute atomic E-state index is 3.84. The maximum atomic E-state index is 3.84. The highest BCUT2D eigenvalue weighted by Gasteiger charge is 2.38. The van der Waals surface area contributed by atoms with Crippen molar-refractivity contribution in [3.8, 4) is 61.6 Å². The van der Waals surface area contributed by atoms with Gasteiger partial charge >= 0.3 is 0 Å². The van der Waals surface area contributed by atoms with Crippen LogP contribution in [-0.2, 0) is 10.8 Å². The number of H-pyrrole nitrogens is 1. The quantitative estimate of drug-likeness (QED) is 0.140. The summed E-state index contributed by atoms with van der Waals surface area (Å²) in [6, 6.07) is 155. The van der Waals surface area contributed by atoms with Crippen LogP contribution in [0, 0.1) is 0 Å². The highest BCUT2D eigenvalue weighted by atomic mass is 79.9. The summed E-state index contributed by atoms with van der Waals surface area (Å²) in [5, 5.41) is 9.81. The fraction of sp³-hybridized carbons (Fsp3) is 0.0609. The molecule has 0 bridgehead atoms. The van der Waals surface area contributed by atoms with Crippen molar-refractivity contribution in [2.45, 2.75) is 46.0 Å². The van der Waals surface area contributed by atoms with Crippen LogP contribution in [0.5, 0.6) is 0 Å². The molecule has 0 fully saturated rings. The van der Waals surface area contributed by atoms with Crippen LogP contribution in [-0.4, -0.2) is 18.7 Å². The standard InChI is InChI=1S/C57H41N3.C51H37N3.C6H5Br.CH4/c1-57(2)51-27-15-12-24-44(51)45-32-31-42(37-52(45)57)58(39-18-6-3-7-19-39)43-35-48(56-50(36-43)47-26-14-17-29-54(47)60(56)41-22-10-5-11-23-41)38-30-33-55-49(34-38)46-25-13-16-28-53(46)59(55)40-20-8-4-9-21-40;1-51(2)45-22-12-9-19-38(45)39-27-26-36(32-46(39)51)53(34-15-5-3-6-16-34)37-30-42(50-44(31-37)40-20-10-13-23-47(40)52-50)33-25-28-49-43(29-33)41-21-11-14-24-48(41)54(49)35-17-7-4-8-18-35;7-6-4-2-1-3-5-6;/h3-37H,1-2H3;3-32,52H,1-2H3;1-5H;1H4. The summed E-state index contributed by atoms with van der Waals surface area (Å²) in [4.78, 5) is 8.73. The molecule has 7 heteroatoms. The number of fused-ring (bicyclic) bond motifs is 18. The molecule has 24 rings (SSSR count). The molecule has 584 valence electrons. The second kappa shape index (κ2) is 30.2. The number of para-hydroxylation sites is 9. The SMILES string of the molecule is Brc1ccccc1.C.CC1(C)c2ccccc2-c2ccc(N(c3ccccc3)c3cc(-c4ccc5c(c4)c4ccccc4n5-c4ccccc4)c4[nH]c5ccccc5c4c3)cc21.CC1(C)c2ccccc2-c2ccc(N(c3ccccc3)c3cc(-c4ccc5c(c4)c4ccccc4n5-c4ccccc4)c4c(c3)c3ccccc3n4-c3ccccc3)cc21. The zero-order valence-corrected chi connectivity index (χ0v) is 69.1. The Hall–Kier alpha value is -14.8. The fourth-order valence-electron chi connectivity index (χ4n) is 19.7. The molecule has 2 aliphatic carbocycles. The molecule has 6 nitrogen and oxygen atoms in total. The number of aromatic amines is 1. The van der Waals surface area contributed by atoms with Crippen LogP contribution < -0.4 is 9.80 Å². The molecule has 0 saturated heterocycles. The van der Waals surface area contributed by atoms with E-state index in [1.165, 1.54) is 143 Å². The van der Waals surface area contributed by atoms with E-state index in [-0.39, 0.29) is 18.3 Å². The van der Waals surface area contributed by atoms with E-state index in [4.69, 9.17) is 0 Å². The summed E-state index contributed by atoms with van der Waals surface area (Å²) >= 11 is 3.31. The van der Waals surface area contributed by atoms with Gasteiger partial charge in [-0.1, -0.05) is 306 Å². The number of hydrogen-bond donors (Lipinski definition) is 1. The number of anilines is 6. The number of halogens is 1. The Bertz CT molecular complexity index is 7770. The third kappa shape index (κ3) is 12.4. The molecule has 22 aromatic rings. The zero-order chi connectivity index (χ0) is 81.0. The predicted octanol–water partition coefficient (Wildman–Crippen LogP) is 32.3. The van der Waals surface area contributed by atoms with Gasteiger partial charge in [0.1, 0.15) is 0 Å². The lowest BCUT2D eigenvalue weighted by Crippen LogP contribution is -2.16. The van der Waals surface area contributed by atoms with Gasteiger partial charge in [-0.3, -0.25) is 0 Å². The minimum absolute atomic E-state index is 0. The summed E-state index contributed by atoms with van der Waals surface area (Å²) < 4.78 is 8.37. The van der Waals surface area contributed by atoms with Crippen molar-refractivity contribution in [2.75, 3.05) is 9.80 Å². The minimum atomic E-state index is -0.128. The van der Waals surface area contributed by atoms with E-state index < -0.39 is 0 Å². The van der Waals surface area contributed by atoms with Gasteiger partial charge in [-0.2, -0.15) is 0 Å². The monoisotopic (exact) mass is 1630 g/mol. The van der Waals surface area contributed by atoms with E-state index in [1.54, 1.807) is 0 Å². The van der Waals surface area contributed by atoms with Gasteiger partial charge in [-0.25, -0.2) is 0 Å². The largest absolute Gasteiger partial charge is 0.354 e. The van der Waals surface area contributed by atoms with Crippen LogP contribution in [0.1, 0.15) is 57.4 Å². The number of benzene rings is 18. The first-order chi connectivity index (χ1) is 59.5. The van der Waals surface area contributed by atoms with E-state index in [2.05, 4.69) is 466 Å². The third-order valence-electron chi connectivity index (χ3n) is 25.3. The number of aromatic nitrogens is 4. The van der Waals surface area contributed by atoms with Crippen LogP contribution >= 0.6 is 15.9 Å². The molecule has 0 unspecified atom stereocenters. The molecule has 1 N–H and O–H groups in total. The Morgan fingerprint density at radius 1 is 0.238 bits per heavy atom. The first kappa shape index (κ1) is 74.8. The molecule has 0 amide bonds. The smallest absolute Gasteiger partial charge is 0.0621 e. The van der Waals surface area contributed by atoms with E-state index in [1.807, 2.05) is 30.3 Å². The lowest BCUT2D eigenvalue weighted by atomic mass is 9.82. The second-order valence-electron chi connectivity index (χ2n) is 32.9. The molecule has 122 heavy (non-hydrogen) atoms. The topological polar surface area (TPSA) is 37.1 Å². The summed E-state index contributed by atoms with van der Waals surface area (Å²) in [7, 11) is 0. The van der Waals surface area contributed by atoms with Crippen LogP contribution in [0.2, 0.25) is 0 Å². The summed E-state index contributed by atoms with van der Waals surface area (Å²) in [6.45, 7) is 9.44. The van der Waals surface area contributed by atoms with Gasteiger partial charge in [0, 0.05) is 126 Å². The zero-order valence-electron chi connectivity index (χ0n) is 67.5. The van der Waals surface area contributed by atoms with E-state index >= 15 is 0 Å². The molecular formula is C115H87BrN6. The van der Waals surface area contributed by atoms with Crippen molar-refractivity contribution in [1.82, 2.24) is 18.7 Å². The van der Waals surface area contributed by atoms with Crippen molar-refractivity contribution in [3.63, 3.8) is 0 Å². The molecule has 4 heterocycles. The molecule has 0 radical (unpaired) electrons. The van der Waals surface area contributed by atoms with Crippen molar-refractivity contribution < 1.29 is 0 Å². The van der Waals surface area contributed by atoms with E-state index in [0.717, 1.165) is 66.7 Å². The van der Waals surface area contributed by atoms with Gasteiger partial charge in [-0.15, -0.1) is 0 Å². The Morgan fingerprint density at radius 2 is 0.590 bits per heavy atom. The number of rotatable bonds is 11. The number of nitrogens with zero attached hydrogens (tertiary/aromatic N) is 5. The summed E-state index contributed by atoms with van der Waals surface area (Å²) in [5.41, 5.74) is 34.9. The lowest BCUT2D eigenvalue weighted by molar-refractivity contribution is 0.660. The van der Waals surface area contributed by atoms with Gasteiger partial charge in [0.2, 0.25) is 0 Å². The highest BCUT2D eigenvalue weighted by Crippen LogP contribution is 2.55. The fourth-order valence-corrected chi connectivity index (χ4v) is 20.0. The van der Waals surface area contributed by atoms with E-state index in [9.17, 15) is 0 Å². The van der Waals surface area contributed by atoms with Gasteiger partial charge in [0.25, 0.3) is 0 Å². The lowest BCUT2D eigenvalue weighted by Gasteiger charge is -2.29. The second-order valence-corrected chi connectivity index (χ2v) is 33.9. The Balaban J connectivity index is 0.000000139. The normalized spacial score (nSPS) is 12.7. The molecule has 0 aliphatic heterocycles. The molecule has 18 aromatic carbocycles. The molecule has 2 aliphatic rings. The molecule has 0 saturated carbocycles. The van der Waals surface area contributed by atoms with Crippen LogP contribution in [0.15, 0.2) is 429 Å². The minimum Gasteiger partial charge on any atom is -0.354 e. The third-order valence-corrected chi connectivity index (χ3v) is 25.8. The molecule has 0 spiro atoms. The van der Waals surface area contributed by atoms with Crippen LogP contribution in [0.4, 0.5) is 34.1 Å². The Kier molecular flexibility index (Phi) is 18.5. The van der Waals surface area contributed by atoms with Gasteiger partial charge in [-0.05, 0) is 225 Å². The first-order valence-electron chi connectivity index (χ1n) is 41.7. The van der Waals surface area contributed by atoms with Gasteiger partial charge < -0.3 is 28.5 Å². The Labute approximate surface area is 719 Å². The summed E-state index contributed by atoms with van der Waals surface area (Å²) in [6.07, 6.45) is 0. The van der Waals surface area contributed by atoms with Crippen molar-refractivity contribution in [2.24, 2.45) is 0 Å². The van der Waals surface area contributed by atoms with Crippen LogP contribution in [0.25, 0.3) is 149 Å². The molecule has 4 aromatic heterocycles. The number of nitrogens with one attached hydrogen (secondary N) is 1. The number of hydrogen-bond acceptors (Lipinski definition) is 2. The average molecular weight is 1630 g/mol. The molecule has 0 atom stereocenters. The Morgan fingerprint density at radius 3 is 1.06 bits per heavy atom.